The fraction of sp³-hybridized carbons (Fsp3) is 0.250. The van der Waals surface area contributed by atoms with Gasteiger partial charge in [0, 0.05) is 13.1 Å². The van der Waals surface area contributed by atoms with Crippen LogP contribution < -0.4 is 15.4 Å². The first-order chi connectivity index (χ1) is 10.7. The summed E-state index contributed by atoms with van der Waals surface area (Å²) in [5, 5.41) is 0.417. The number of benzene rings is 1. The monoisotopic (exact) mass is 316 g/mol. The number of nitrogens with two attached hydrogens (primary N) is 1. The summed E-state index contributed by atoms with van der Waals surface area (Å²) in [7, 11) is 1.68. The summed E-state index contributed by atoms with van der Waals surface area (Å²) in [6.45, 7) is 1.57. The number of anilines is 2. The molecule has 114 valence electrons. The van der Waals surface area contributed by atoms with E-state index in [2.05, 4.69) is 33.1 Å². The first kappa shape index (κ1) is 14.7. The molecule has 3 rings (SSSR count). The van der Waals surface area contributed by atoms with Crippen molar-refractivity contribution in [3.63, 3.8) is 0 Å². The van der Waals surface area contributed by atoms with Gasteiger partial charge in [0.2, 0.25) is 0 Å². The highest BCUT2D eigenvalue weighted by atomic mass is 35.5. The highest BCUT2D eigenvalue weighted by Gasteiger charge is 2.18. The SMILES string of the molecule is COc1cccc(C2=CCN(c3ncnc(N)c3Cl)CC2)c1. The van der Waals surface area contributed by atoms with Crippen molar-refractivity contribution in [2.45, 2.75) is 6.42 Å². The van der Waals surface area contributed by atoms with Crippen molar-refractivity contribution in [3.05, 3.63) is 47.3 Å². The first-order valence-corrected chi connectivity index (χ1v) is 7.41. The molecule has 22 heavy (non-hydrogen) atoms. The zero-order valence-corrected chi connectivity index (χ0v) is 13.0. The van der Waals surface area contributed by atoms with Gasteiger partial charge in [-0.1, -0.05) is 29.8 Å². The Kier molecular flexibility index (Phi) is 4.15. The second-order valence-corrected chi connectivity index (χ2v) is 5.43. The van der Waals surface area contributed by atoms with Crippen molar-refractivity contribution in [2.75, 3.05) is 30.8 Å². The van der Waals surface area contributed by atoms with Crippen LogP contribution in [0, 0.1) is 0 Å². The van der Waals surface area contributed by atoms with Gasteiger partial charge in [-0.3, -0.25) is 0 Å². The molecule has 0 amide bonds. The molecule has 0 atom stereocenters. The van der Waals surface area contributed by atoms with Crippen LogP contribution in [0.4, 0.5) is 11.6 Å². The molecule has 2 N–H and O–H groups in total. The van der Waals surface area contributed by atoms with Crippen LogP contribution in [0.3, 0.4) is 0 Å². The van der Waals surface area contributed by atoms with Gasteiger partial charge < -0.3 is 15.4 Å². The summed E-state index contributed by atoms with van der Waals surface area (Å²) >= 11 is 6.19. The summed E-state index contributed by atoms with van der Waals surface area (Å²) in [5.74, 6) is 1.87. The molecular formula is C16H17ClN4O. The smallest absolute Gasteiger partial charge is 0.153 e. The van der Waals surface area contributed by atoms with Gasteiger partial charge in [-0.25, -0.2) is 9.97 Å². The molecule has 6 heteroatoms. The van der Waals surface area contributed by atoms with Crippen LogP contribution in [0.25, 0.3) is 5.57 Å². The van der Waals surface area contributed by atoms with Gasteiger partial charge >= 0.3 is 0 Å². The van der Waals surface area contributed by atoms with Crippen molar-refractivity contribution in [1.82, 2.24) is 9.97 Å². The molecule has 1 aliphatic rings. The van der Waals surface area contributed by atoms with E-state index in [1.54, 1.807) is 7.11 Å². The third-order valence-corrected chi connectivity index (χ3v) is 4.11. The first-order valence-electron chi connectivity index (χ1n) is 7.03. The molecule has 0 fully saturated rings. The number of hydrogen-bond donors (Lipinski definition) is 1. The second-order valence-electron chi connectivity index (χ2n) is 5.05. The van der Waals surface area contributed by atoms with Crippen molar-refractivity contribution >= 4 is 28.8 Å². The molecule has 0 aliphatic carbocycles. The Bertz CT molecular complexity index is 717. The van der Waals surface area contributed by atoms with E-state index in [0.717, 1.165) is 25.3 Å². The molecule has 2 aromatic rings. The Morgan fingerprint density at radius 1 is 1.32 bits per heavy atom. The summed E-state index contributed by atoms with van der Waals surface area (Å²) in [5.41, 5.74) is 8.23. The number of rotatable bonds is 3. The zero-order valence-electron chi connectivity index (χ0n) is 12.3. The molecule has 0 spiro atoms. The summed E-state index contributed by atoms with van der Waals surface area (Å²) < 4.78 is 5.28. The van der Waals surface area contributed by atoms with Crippen LogP contribution in [0.5, 0.6) is 5.75 Å². The van der Waals surface area contributed by atoms with E-state index in [1.165, 1.54) is 17.5 Å². The third-order valence-electron chi connectivity index (χ3n) is 3.75. The number of nitrogens with zero attached hydrogens (tertiary/aromatic N) is 3. The lowest BCUT2D eigenvalue weighted by molar-refractivity contribution is 0.414. The van der Waals surface area contributed by atoms with Crippen LogP contribution in [0.15, 0.2) is 36.7 Å². The fourth-order valence-electron chi connectivity index (χ4n) is 2.54. The highest BCUT2D eigenvalue weighted by molar-refractivity contribution is 6.35. The van der Waals surface area contributed by atoms with E-state index >= 15 is 0 Å². The van der Waals surface area contributed by atoms with Crippen LogP contribution in [-0.4, -0.2) is 30.2 Å². The Labute approximate surface area is 134 Å². The van der Waals surface area contributed by atoms with Gasteiger partial charge in [0.05, 0.1) is 7.11 Å². The molecule has 0 radical (unpaired) electrons. The van der Waals surface area contributed by atoms with Crippen molar-refractivity contribution in [3.8, 4) is 5.75 Å². The molecule has 0 saturated carbocycles. The van der Waals surface area contributed by atoms with Gasteiger partial charge in [-0.2, -0.15) is 0 Å². The molecule has 1 aliphatic heterocycles. The molecule has 0 unspecified atom stereocenters. The Balaban J connectivity index is 1.81. The maximum Gasteiger partial charge on any atom is 0.153 e. The minimum atomic E-state index is 0.314. The average molecular weight is 317 g/mol. The van der Waals surface area contributed by atoms with E-state index in [-0.39, 0.29) is 0 Å². The molecule has 2 heterocycles. The van der Waals surface area contributed by atoms with Gasteiger partial charge in [0.25, 0.3) is 0 Å². The van der Waals surface area contributed by atoms with Crippen LogP contribution in [-0.2, 0) is 0 Å². The lowest BCUT2D eigenvalue weighted by Crippen LogP contribution is -2.29. The van der Waals surface area contributed by atoms with Gasteiger partial charge in [-0.15, -0.1) is 0 Å². The topological polar surface area (TPSA) is 64.3 Å². The quantitative estimate of drug-likeness (QED) is 0.943. The Hall–Kier alpha value is -2.27. The maximum atomic E-state index is 6.19. The lowest BCUT2D eigenvalue weighted by atomic mass is 9.99. The number of aromatic nitrogens is 2. The third kappa shape index (κ3) is 2.85. The fourth-order valence-corrected chi connectivity index (χ4v) is 2.76. The molecular weight excluding hydrogens is 300 g/mol. The predicted octanol–water partition coefficient (Wildman–Crippen LogP) is 3.01. The van der Waals surface area contributed by atoms with E-state index in [4.69, 9.17) is 22.1 Å². The van der Waals surface area contributed by atoms with Gasteiger partial charge in [0.15, 0.2) is 5.82 Å². The minimum absolute atomic E-state index is 0.314. The Morgan fingerprint density at radius 2 is 2.18 bits per heavy atom. The number of hydrogen-bond acceptors (Lipinski definition) is 5. The molecule has 0 saturated heterocycles. The van der Waals surface area contributed by atoms with Crippen LogP contribution in [0.1, 0.15) is 12.0 Å². The minimum Gasteiger partial charge on any atom is -0.497 e. The maximum absolute atomic E-state index is 6.19. The molecule has 5 nitrogen and oxygen atoms in total. The number of ether oxygens (including phenoxy) is 1. The average Bonchev–Trinajstić information content (AvgIpc) is 2.58. The lowest BCUT2D eigenvalue weighted by Gasteiger charge is -2.28. The van der Waals surface area contributed by atoms with Crippen LogP contribution >= 0.6 is 11.6 Å². The molecule has 0 bridgehead atoms. The number of halogens is 1. The van der Waals surface area contributed by atoms with E-state index in [1.807, 2.05) is 12.1 Å². The summed E-state index contributed by atoms with van der Waals surface area (Å²) in [4.78, 5) is 10.2. The summed E-state index contributed by atoms with van der Waals surface area (Å²) in [6, 6.07) is 8.10. The second kappa shape index (κ2) is 6.23. The largest absolute Gasteiger partial charge is 0.497 e. The summed E-state index contributed by atoms with van der Waals surface area (Å²) in [6.07, 6.45) is 4.54. The van der Waals surface area contributed by atoms with Crippen molar-refractivity contribution in [2.24, 2.45) is 0 Å². The van der Waals surface area contributed by atoms with E-state index in [0.29, 0.717) is 16.7 Å². The molecule has 1 aromatic carbocycles. The molecule has 1 aromatic heterocycles. The Morgan fingerprint density at radius 3 is 2.91 bits per heavy atom. The van der Waals surface area contributed by atoms with Gasteiger partial charge in [0.1, 0.15) is 22.9 Å². The predicted molar refractivity (Wildman–Crippen MR) is 89.3 cm³/mol. The zero-order chi connectivity index (χ0) is 15.5. The standard InChI is InChI=1S/C16H17ClN4O/c1-22-13-4-2-3-12(9-13)11-5-7-21(8-6-11)16-14(17)15(18)19-10-20-16/h2-5,9-10H,6-8H2,1H3,(H2,18,19,20). The van der Waals surface area contributed by atoms with Crippen molar-refractivity contribution < 1.29 is 4.74 Å². The van der Waals surface area contributed by atoms with Crippen molar-refractivity contribution in [1.29, 1.82) is 0 Å². The van der Waals surface area contributed by atoms with E-state index < -0.39 is 0 Å². The highest BCUT2D eigenvalue weighted by Crippen LogP contribution is 2.31. The van der Waals surface area contributed by atoms with Crippen LogP contribution in [0.2, 0.25) is 5.02 Å². The normalized spacial score (nSPS) is 14.6. The number of methoxy groups -OCH3 is 1. The van der Waals surface area contributed by atoms with Gasteiger partial charge in [-0.05, 0) is 29.7 Å². The number of nitrogen functional groups attached to an aromatic ring is 1. The van der Waals surface area contributed by atoms with E-state index in [9.17, 15) is 0 Å².